The highest BCUT2D eigenvalue weighted by Crippen LogP contribution is 2.30. The number of imidazole rings is 1. The first kappa shape index (κ1) is 16.4. The topological polar surface area (TPSA) is 43.2 Å². The predicted molar refractivity (Wildman–Crippen MR) is 92.7 cm³/mol. The van der Waals surface area contributed by atoms with E-state index in [9.17, 15) is 0 Å². The molecule has 0 atom stereocenters. The number of hydrogen-bond acceptors (Lipinski definition) is 4. The molecule has 0 unspecified atom stereocenters. The van der Waals surface area contributed by atoms with E-state index in [-0.39, 0.29) is 0 Å². The summed E-state index contributed by atoms with van der Waals surface area (Å²) in [6.07, 6.45) is 7.40. The number of ether oxygens (including phenoxy) is 1. The Balaban J connectivity index is 1.80. The van der Waals surface area contributed by atoms with Gasteiger partial charge in [0.05, 0.1) is 23.8 Å². The van der Waals surface area contributed by atoms with Crippen molar-refractivity contribution in [2.24, 2.45) is 0 Å². The van der Waals surface area contributed by atoms with Crippen molar-refractivity contribution in [2.75, 3.05) is 32.8 Å². The molecule has 1 aliphatic rings. The summed E-state index contributed by atoms with van der Waals surface area (Å²) in [5.74, 6) is 1.78. The molecule has 126 valence electrons. The molecule has 5 nitrogen and oxygen atoms in total. The second-order valence-electron chi connectivity index (χ2n) is 6.30. The Labute approximate surface area is 138 Å². The van der Waals surface area contributed by atoms with Crippen LogP contribution in [0.2, 0.25) is 0 Å². The third kappa shape index (κ3) is 3.72. The van der Waals surface area contributed by atoms with E-state index in [0.717, 1.165) is 30.8 Å². The lowest BCUT2D eigenvalue weighted by Gasteiger charge is -2.31. The molecule has 0 bridgehead atoms. The minimum Gasteiger partial charge on any atom is -0.380 e. The molecule has 3 heterocycles. The smallest absolute Gasteiger partial charge is 0.113 e. The van der Waals surface area contributed by atoms with Crippen molar-refractivity contribution >= 4 is 11.0 Å². The van der Waals surface area contributed by atoms with Crippen molar-refractivity contribution < 1.29 is 4.74 Å². The number of rotatable bonds is 7. The monoisotopic (exact) mass is 316 g/mol. The second kappa shape index (κ2) is 7.88. The van der Waals surface area contributed by atoms with Crippen LogP contribution in [-0.2, 0) is 11.3 Å². The van der Waals surface area contributed by atoms with E-state index in [1.54, 1.807) is 0 Å². The van der Waals surface area contributed by atoms with Crippen LogP contribution in [0.5, 0.6) is 0 Å². The van der Waals surface area contributed by atoms with Gasteiger partial charge in [-0.1, -0.05) is 6.92 Å². The number of likely N-dealkylation sites (tertiary alicyclic amines) is 1. The standard InChI is InChI=1S/C18H28N4O/c1-3-9-21-10-6-15(7-11-21)18-20-16-5-8-19-14-17(16)22(18)12-13-23-4-2/h5,8,14-15H,3-4,6-7,9-13H2,1-2H3. The molecule has 0 radical (unpaired) electrons. The number of pyridine rings is 1. The zero-order chi connectivity index (χ0) is 16.1. The maximum absolute atomic E-state index is 5.57. The Bertz CT molecular complexity index is 617. The van der Waals surface area contributed by atoms with Crippen molar-refractivity contribution in [3.63, 3.8) is 0 Å². The third-order valence-electron chi connectivity index (χ3n) is 4.74. The summed E-state index contributed by atoms with van der Waals surface area (Å²) < 4.78 is 7.90. The van der Waals surface area contributed by atoms with Crippen LogP contribution < -0.4 is 0 Å². The van der Waals surface area contributed by atoms with Gasteiger partial charge in [-0.2, -0.15) is 0 Å². The highest BCUT2D eigenvalue weighted by Gasteiger charge is 2.25. The summed E-state index contributed by atoms with van der Waals surface area (Å²) in [5, 5.41) is 0. The molecule has 0 saturated carbocycles. The molecule has 0 N–H and O–H groups in total. The normalized spacial score (nSPS) is 17.1. The Kier molecular flexibility index (Phi) is 5.62. The number of fused-ring (bicyclic) bond motifs is 1. The number of hydrogen-bond donors (Lipinski definition) is 0. The molecule has 1 saturated heterocycles. The second-order valence-corrected chi connectivity index (χ2v) is 6.30. The van der Waals surface area contributed by atoms with Crippen LogP contribution in [0.4, 0.5) is 0 Å². The van der Waals surface area contributed by atoms with Crippen molar-refractivity contribution in [1.82, 2.24) is 19.4 Å². The van der Waals surface area contributed by atoms with E-state index in [1.807, 2.05) is 25.4 Å². The van der Waals surface area contributed by atoms with Gasteiger partial charge in [-0.25, -0.2) is 4.98 Å². The van der Waals surface area contributed by atoms with E-state index in [4.69, 9.17) is 9.72 Å². The van der Waals surface area contributed by atoms with Crippen LogP contribution in [0.3, 0.4) is 0 Å². The van der Waals surface area contributed by atoms with E-state index < -0.39 is 0 Å². The van der Waals surface area contributed by atoms with Gasteiger partial charge < -0.3 is 14.2 Å². The molecule has 2 aromatic rings. The number of piperidine rings is 1. The van der Waals surface area contributed by atoms with E-state index in [2.05, 4.69) is 21.4 Å². The molecule has 2 aromatic heterocycles. The summed E-state index contributed by atoms with van der Waals surface area (Å²) in [7, 11) is 0. The molecule has 0 aromatic carbocycles. The zero-order valence-electron chi connectivity index (χ0n) is 14.4. The largest absolute Gasteiger partial charge is 0.380 e. The molecule has 1 aliphatic heterocycles. The van der Waals surface area contributed by atoms with Crippen LogP contribution in [0, 0.1) is 0 Å². The number of aromatic nitrogens is 3. The first-order chi connectivity index (χ1) is 11.3. The molecule has 5 heteroatoms. The van der Waals surface area contributed by atoms with E-state index in [1.165, 1.54) is 44.7 Å². The lowest BCUT2D eigenvalue weighted by atomic mass is 9.96. The first-order valence-electron chi connectivity index (χ1n) is 8.93. The Morgan fingerprint density at radius 2 is 2.04 bits per heavy atom. The third-order valence-corrected chi connectivity index (χ3v) is 4.74. The van der Waals surface area contributed by atoms with Crippen LogP contribution in [0.1, 0.15) is 44.9 Å². The van der Waals surface area contributed by atoms with Gasteiger partial charge in [0.2, 0.25) is 0 Å². The van der Waals surface area contributed by atoms with Gasteiger partial charge in [-0.15, -0.1) is 0 Å². The fourth-order valence-electron chi connectivity index (χ4n) is 3.57. The van der Waals surface area contributed by atoms with Crippen molar-refractivity contribution in [2.45, 2.75) is 45.6 Å². The molecule has 0 spiro atoms. The van der Waals surface area contributed by atoms with Crippen LogP contribution in [-0.4, -0.2) is 52.3 Å². The van der Waals surface area contributed by atoms with Crippen molar-refractivity contribution in [3.8, 4) is 0 Å². The molecule has 1 fully saturated rings. The molecule has 3 rings (SSSR count). The zero-order valence-corrected chi connectivity index (χ0v) is 14.4. The SMILES string of the molecule is CCCN1CCC(c2nc3ccncc3n2CCOCC)CC1. The Hall–Kier alpha value is -1.46. The minimum atomic E-state index is 0.553. The summed E-state index contributed by atoms with van der Waals surface area (Å²) in [6.45, 7) is 10.2. The molecular formula is C18H28N4O. The van der Waals surface area contributed by atoms with Crippen LogP contribution >= 0.6 is 0 Å². The van der Waals surface area contributed by atoms with Crippen LogP contribution in [0.15, 0.2) is 18.5 Å². The van der Waals surface area contributed by atoms with Gasteiger partial charge in [0, 0.05) is 25.3 Å². The van der Waals surface area contributed by atoms with Crippen molar-refractivity contribution in [3.05, 3.63) is 24.3 Å². The van der Waals surface area contributed by atoms with Gasteiger partial charge in [0.25, 0.3) is 0 Å². The van der Waals surface area contributed by atoms with Gasteiger partial charge in [0.15, 0.2) is 0 Å². The average Bonchev–Trinajstić information content (AvgIpc) is 2.95. The van der Waals surface area contributed by atoms with Crippen molar-refractivity contribution in [1.29, 1.82) is 0 Å². The molecule has 0 amide bonds. The average molecular weight is 316 g/mol. The van der Waals surface area contributed by atoms with Gasteiger partial charge in [-0.3, -0.25) is 4.98 Å². The van der Waals surface area contributed by atoms with Crippen LogP contribution in [0.25, 0.3) is 11.0 Å². The minimum absolute atomic E-state index is 0.553. The Morgan fingerprint density at radius 1 is 1.22 bits per heavy atom. The fraction of sp³-hybridized carbons (Fsp3) is 0.667. The maximum Gasteiger partial charge on any atom is 0.113 e. The highest BCUT2D eigenvalue weighted by molar-refractivity contribution is 5.74. The molecule has 0 aliphatic carbocycles. The molecular weight excluding hydrogens is 288 g/mol. The number of nitrogens with zero attached hydrogens (tertiary/aromatic N) is 4. The first-order valence-corrected chi connectivity index (χ1v) is 8.93. The summed E-state index contributed by atoms with van der Waals surface area (Å²) in [4.78, 5) is 11.8. The quantitative estimate of drug-likeness (QED) is 0.736. The highest BCUT2D eigenvalue weighted by atomic mass is 16.5. The van der Waals surface area contributed by atoms with Gasteiger partial charge in [0.1, 0.15) is 5.82 Å². The maximum atomic E-state index is 5.57. The van der Waals surface area contributed by atoms with Gasteiger partial charge in [-0.05, 0) is 51.9 Å². The summed E-state index contributed by atoms with van der Waals surface area (Å²) in [6, 6.07) is 2.02. The lowest BCUT2D eigenvalue weighted by Crippen LogP contribution is -2.34. The Morgan fingerprint density at radius 3 is 2.78 bits per heavy atom. The van der Waals surface area contributed by atoms with E-state index >= 15 is 0 Å². The summed E-state index contributed by atoms with van der Waals surface area (Å²) in [5.41, 5.74) is 2.20. The lowest BCUT2D eigenvalue weighted by molar-refractivity contribution is 0.138. The predicted octanol–water partition coefficient (Wildman–Crippen LogP) is 3.06. The van der Waals surface area contributed by atoms with Gasteiger partial charge >= 0.3 is 0 Å². The van der Waals surface area contributed by atoms with E-state index in [0.29, 0.717) is 5.92 Å². The molecule has 23 heavy (non-hydrogen) atoms. The summed E-state index contributed by atoms with van der Waals surface area (Å²) >= 11 is 0. The fourth-order valence-corrected chi connectivity index (χ4v) is 3.57.